The molecule has 1 aliphatic rings. The van der Waals surface area contributed by atoms with E-state index < -0.39 is 11.2 Å². The molecule has 0 unspecified atom stereocenters. The van der Waals surface area contributed by atoms with Crippen LogP contribution in [0.1, 0.15) is 5.69 Å². The Morgan fingerprint density at radius 3 is 2.50 bits per heavy atom. The molecule has 3 aromatic rings. The van der Waals surface area contributed by atoms with Crippen molar-refractivity contribution in [1.82, 2.24) is 19.0 Å². The Kier molecular flexibility index (Phi) is 6.07. The second-order valence-corrected chi connectivity index (χ2v) is 8.87. The van der Waals surface area contributed by atoms with Gasteiger partial charge < -0.3 is 15.5 Å². The largest absolute Gasteiger partial charge is 0.383 e. The molecule has 0 saturated carbocycles. The molecule has 11 heteroatoms. The Balaban J connectivity index is 1.43. The van der Waals surface area contributed by atoms with E-state index in [1.54, 1.807) is 4.90 Å². The van der Waals surface area contributed by atoms with Crippen molar-refractivity contribution in [1.29, 1.82) is 0 Å². The number of thiazole rings is 1. The van der Waals surface area contributed by atoms with Crippen LogP contribution in [0.15, 0.2) is 39.2 Å². The number of piperazine rings is 1. The van der Waals surface area contributed by atoms with Crippen LogP contribution in [-0.2, 0) is 25.3 Å². The maximum absolute atomic E-state index is 12.8. The fourth-order valence-corrected chi connectivity index (χ4v) is 4.87. The number of nitrogens with zero attached hydrogens (tertiary/aromatic N) is 5. The summed E-state index contributed by atoms with van der Waals surface area (Å²) >= 11 is 7.70. The summed E-state index contributed by atoms with van der Waals surface area (Å²) in [5.41, 5.74) is 7.00. The van der Waals surface area contributed by atoms with Gasteiger partial charge in [0, 0.05) is 51.2 Å². The standard InChI is InChI=1S/C21H23ClN6O3S/c1-25-18(23)17(20(30)26(2)21(25)31)28-9-7-27(8-10-28)16(29)11-13-12-32-19(24-13)14-5-3-4-6-15(14)22/h3-6,12H,7-11,23H2,1-2H3. The smallest absolute Gasteiger partial charge is 0.332 e. The zero-order valence-corrected chi connectivity index (χ0v) is 19.3. The van der Waals surface area contributed by atoms with Crippen LogP contribution in [0.4, 0.5) is 11.5 Å². The third-order valence-corrected chi connectivity index (χ3v) is 6.88. The first-order valence-corrected chi connectivity index (χ1v) is 11.3. The number of nitrogens with two attached hydrogens (primary N) is 1. The van der Waals surface area contributed by atoms with Gasteiger partial charge in [0.1, 0.15) is 16.5 Å². The number of carbonyl (C=O) groups is 1. The lowest BCUT2D eigenvalue weighted by molar-refractivity contribution is -0.130. The number of amides is 1. The third kappa shape index (κ3) is 4.03. The van der Waals surface area contributed by atoms with Gasteiger partial charge in [0.05, 0.1) is 17.1 Å². The highest BCUT2D eigenvalue weighted by atomic mass is 35.5. The summed E-state index contributed by atoms with van der Waals surface area (Å²) in [6.45, 7) is 1.80. The molecule has 1 aliphatic heterocycles. The van der Waals surface area contributed by atoms with E-state index in [0.717, 1.165) is 15.1 Å². The molecule has 0 bridgehead atoms. The zero-order valence-electron chi connectivity index (χ0n) is 17.7. The molecule has 1 fully saturated rings. The molecule has 2 N–H and O–H groups in total. The van der Waals surface area contributed by atoms with E-state index in [-0.39, 0.29) is 18.1 Å². The third-order valence-electron chi connectivity index (χ3n) is 5.62. The first-order chi connectivity index (χ1) is 15.3. The molecule has 1 aromatic carbocycles. The maximum Gasteiger partial charge on any atom is 0.332 e. The second kappa shape index (κ2) is 8.79. The monoisotopic (exact) mass is 474 g/mol. The van der Waals surface area contributed by atoms with Gasteiger partial charge in [0.15, 0.2) is 0 Å². The summed E-state index contributed by atoms with van der Waals surface area (Å²) in [5.74, 6) is 0.106. The number of hydrogen-bond donors (Lipinski definition) is 1. The van der Waals surface area contributed by atoms with Crippen molar-refractivity contribution in [3.8, 4) is 10.6 Å². The van der Waals surface area contributed by atoms with Crippen molar-refractivity contribution in [2.75, 3.05) is 36.8 Å². The Labute approximate surface area is 193 Å². The topological polar surface area (TPSA) is 106 Å². The molecule has 0 atom stereocenters. The van der Waals surface area contributed by atoms with Gasteiger partial charge in [0.2, 0.25) is 5.91 Å². The molecule has 9 nitrogen and oxygen atoms in total. The number of rotatable bonds is 4. The van der Waals surface area contributed by atoms with Gasteiger partial charge >= 0.3 is 5.69 Å². The van der Waals surface area contributed by atoms with Gasteiger partial charge in [-0.2, -0.15) is 0 Å². The first-order valence-electron chi connectivity index (χ1n) is 10.1. The highest BCUT2D eigenvalue weighted by Gasteiger charge is 2.26. The SMILES string of the molecule is Cn1c(N)c(N2CCN(C(=O)Cc3csc(-c4ccccc4Cl)n3)CC2)c(=O)n(C)c1=O. The van der Waals surface area contributed by atoms with Gasteiger partial charge in [0.25, 0.3) is 5.56 Å². The van der Waals surface area contributed by atoms with E-state index in [4.69, 9.17) is 17.3 Å². The number of benzene rings is 1. The average molecular weight is 475 g/mol. The predicted octanol–water partition coefficient (Wildman–Crippen LogP) is 1.33. The van der Waals surface area contributed by atoms with Crippen LogP contribution in [-0.4, -0.2) is 51.1 Å². The van der Waals surface area contributed by atoms with Gasteiger partial charge in [-0.25, -0.2) is 9.78 Å². The van der Waals surface area contributed by atoms with Crippen molar-refractivity contribution in [2.24, 2.45) is 14.1 Å². The van der Waals surface area contributed by atoms with E-state index in [2.05, 4.69) is 4.98 Å². The Bertz CT molecular complexity index is 1290. The lowest BCUT2D eigenvalue weighted by Gasteiger charge is -2.36. The quantitative estimate of drug-likeness (QED) is 0.611. The zero-order chi connectivity index (χ0) is 23.0. The summed E-state index contributed by atoms with van der Waals surface area (Å²) in [5, 5.41) is 3.28. The molecular weight excluding hydrogens is 452 g/mol. The number of carbonyl (C=O) groups excluding carboxylic acids is 1. The molecule has 4 rings (SSSR count). The highest BCUT2D eigenvalue weighted by molar-refractivity contribution is 7.13. The van der Waals surface area contributed by atoms with E-state index in [9.17, 15) is 14.4 Å². The second-order valence-electron chi connectivity index (χ2n) is 7.61. The molecule has 32 heavy (non-hydrogen) atoms. The minimum atomic E-state index is -0.468. The van der Waals surface area contributed by atoms with Gasteiger partial charge in [-0.15, -0.1) is 11.3 Å². The maximum atomic E-state index is 12.8. The Hall–Kier alpha value is -3.11. The van der Waals surface area contributed by atoms with Crippen molar-refractivity contribution in [2.45, 2.75) is 6.42 Å². The van der Waals surface area contributed by atoms with Crippen LogP contribution in [0, 0.1) is 0 Å². The highest BCUT2D eigenvalue weighted by Crippen LogP contribution is 2.30. The minimum absolute atomic E-state index is 0.0259. The van der Waals surface area contributed by atoms with Gasteiger partial charge in [-0.05, 0) is 6.07 Å². The molecule has 0 spiro atoms. The van der Waals surface area contributed by atoms with Crippen molar-refractivity contribution >= 4 is 40.4 Å². The van der Waals surface area contributed by atoms with Crippen molar-refractivity contribution in [3.63, 3.8) is 0 Å². The van der Waals surface area contributed by atoms with Crippen molar-refractivity contribution in [3.05, 3.63) is 61.2 Å². The molecular formula is C21H23ClN6O3S. The van der Waals surface area contributed by atoms with Crippen LogP contribution in [0.3, 0.4) is 0 Å². The van der Waals surface area contributed by atoms with Crippen molar-refractivity contribution < 1.29 is 4.79 Å². The van der Waals surface area contributed by atoms with Gasteiger partial charge in [-0.3, -0.25) is 18.7 Å². The summed E-state index contributed by atoms with van der Waals surface area (Å²) in [6, 6.07) is 7.48. The van der Waals surface area contributed by atoms with Crippen LogP contribution in [0.25, 0.3) is 10.6 Å². The summed E-state index contributed by atoms with van der Waals surface area (Å²) in [6.07, 6.45) is 0.199. The number of halogens is 1. The fraction of sp³-hybridized carbons (Fsp3) is 0.333. The first kappa shape index (κ1) is 22.1. The lowest BCUT2D eigenvalue weighted by Crippen LogP contribution is -2.52. The van der Waals surface area contributed by atoms with E-state index in [1.165, 1.54) is 30.0 Å². The summed E-state index contributed by atoms with van der Waals surface area (Å²) in [4.78, 5) is 45.6. The minimum Gasteiger partial charge on any atom is -0.383 e. The van der Waals surface area contributed by atoms with Gasteiger partial charge in [-0.1, -0.05) is 29.8 Å². The molecule has 1 saturated heterocycles. The fourth-order valence-electron chi connectivity index (χ4n) is 3.73. The molecule has 1 amide bonds. The number of hydrogen-bond acceptors (Lipinski definition) is 7. The average Bonchev–Trinajstić information content (AvgIpc) is 3.25. The number of aromatic nitrogens is 3. The molecule has 0 aliphatic carbocycles. The Morgan fingerprint density at radius 1 is 1.12 bits per heavy atom. The van der Waals surface area contributed by atoms with E-state index in [1.807, 2.05) is 34.5 Å². The van der Waals surface area contributed by atoms with Crippen LogP contribution >= 0.6 is 22.9 Å². The molecule has 0 radical (unpaired) electrons. The molecule has 168 valence electrons. The lowest BCUT2D eigenvalue weighted by atomic mass is 10.2. The van der Waals surface area contributed by atoms with E-state index in [0.29, 0.717) is 42.6 Å². The molecule has 3 heterocycles. The number of anilines is 2. The normalized spacial score (nSPS) is 14.1. The summed E-state index contributed by atoms with van der Waals surface area (Å²) in [7, 11) is 2.96. The van der Waals surface area contributed by atoms with Crippen LogP contribution < -0.4 is 21.9 Å². The molecule has 2 aromatic heterocycles. The Morgan fingerprint density at radius 2 is 1.81 bits per heavy atom. The number of nitrogen functional groups attached to an aromatic ring is 1. The van der Waals surface area contributed by atoms with E-state index >= 15 is 0 Å². The summed E-state index contributed by atoms with van der Waals surface area (Å²) < 4.78 is 2.30. The van der Waals surface area contributed by atoms with Crippen LogP contribution in [0.5, 0.6) is 0 Å². The van der Waals surface area contributed by atoms with Crippen LogP contribution in [0.2, 0.25) is 5.02 Å². The predicted molar refractivity (Wildman–Crippen MR) is 126 cm³/mol.